The number of hydrogen-bond donors (Lipinski definition) is 1. The third kappa shape index (κ3) is 3.19. The van der Waals surface area contributed by atoms with Crippen LogP contribution in [0.15, 0.2) is 23.1 Å². The molecule has 0 bridgehead atoms. The summed E-state index contributed by atoms with van der Waals surface area (Å²) in [7, 11) is 0. The third-order valence-electron chi connectivity index (χ3n) is 2.75. The van der Waals surface area contributed by atoms with Crippen LogP contribution in [0.25, 0.3) is 0 Å². The van der Waals surface area contributed by atoms with E-state index in [2.05, 4.69) is 5.32 Å². The van der Waals surface area contributed by atoms with Crippen LogP contribution < -0.4 is 5.32 Å². The fraction of sp³-hybridized carbons (Fsp3) is 0.500. The molecule has 1 aliphatic heterocycles. The highest BCUT2D eigenvalue weighted by molar-refractivity contribution is 7.99. The van der Waals surface area contributed by atoms with Crippen molar-refractivity contribution in [2.45, 2.75) is 30.2 Å². The van der Waals surface area contributed by atoms with Crippen LogP contribution in [-0.4, -0.2) is 18.3 Å². The van der Waals surface area contributed by atoms with E-state index in [0.717, 1.165) is 24.8 Å². The first kappa shape index (κ1) is 11.9. The Bertz CT molecular complexity index is 351. The molecule has 0 aliphatic carbocycles. The molecule has 16 heavy (non-hydrogen) atoms. The molecule has 4 heteroatoms. The van der Waals surface area contributed by atoms with Gasteiger partial charge in [-0.25, -0.2) is 8.78 Å². The molecule has 2 rings (SSSR count). The maximum atomic E-state index is 13.3. The minimum Gasteiger partial charge on any atom is -0.313 e. The van der Waals surface area contributed by atoms with Gasteiger partial charge in [-0.15, -0.1) is 11.8 Å². The van der Waals surface area contributed by atoms with E-state index in [1.54, 1.807) is 0 Å². The first-order valence-electron chi connectivity index (χ1n) is 5.57. The molecule has 1 nitrogen and oxygen atoms in total. The SMILES string of the molecule is Fc1ccc(SC[C@@H]2CCCCN2)c(F)c1. The van der Waals surface area contributed by atoms with Crippen molar-refractivity contribution in [1.82, 2.24) is 5.32 Å². The second kappa shape index (κ2) is 5.64. The molecular formula is C12H15F2NS. The normalized spacial score (nSPS) is 21.0. The van der Waals surface area contributed by atoms with Crippen molar-refractivity contribution >= 4 is 11.8 Å². The minimum absolute atomic E-state index is 0.458. The Labute approximate surface area is 98.6 Å². The smallest absolute Gasteiger partial charge is 0.139 e. The summed E-state index contributed by atoms with van der Waals surface area (Å²) in [6.07, 6.45) is 3.62. The van der Waals surface area contributed by atoms with E-state index in [4.69, 9.17) is 0 Å². The summed E-state index contributed by atoms with van der Waals surface area (Å²) in [5, 5.41) is 3.40. The van der Waals surface area contributed by atoms with Gasteiger partial charge in [-0.05, 0) is 31.5 Å². The molecule has 0 radical (unpaired) electrons. The Balaban J connectivity index is 1.88. The van der Waals surface area contributed by atoms with Gasteiger partial charge in [-0.3, -0.25) is 0 Å². The van der Waals surface area contributed by atoms with Crippen molar-refractivity contribution in [3.05, 3.63) is 29.8 Å². The summed E-state index contributed by atoms with van der Waals surface area (Å²) in [5.74, 6) is -0.124. The molecule has 1 atom stereocenters. The molecule has 0 saturated carbocycles. The van der Waals surface area contributed by atoms with Crippen molar-refractivity contribution in [1.29, 1.82) is 0 Å². The first-order valence-corrected chi connectivity index (χ1v) is 6.55. The van der Waals surface area contributed by atoms with E-state index < -0.39 is 11.6 Å². The Kier molecular flexibility index (Phi) is 4.18. The maximum absolute atomic E-state index is 13.3. The fourth-order valence-electron chi connectivity index (χ4n) is 1.85. The van der Waals surface area contributed by atoms with Crippen LogP contribution in [-0.2, 0) is 0 Å². The van der Waals surface area contributed by atoms with Crippen molar-refractivity contribution in [3.8, 4) is 0 Å². The molecule has 1 aromatic carbocycles. The lowest BCUT2D eigenvalue weighted by atomic mass is 10.1. The Hall–Kier alpha value is -0.610. The van der Waals surface area contributed by atoms with E-state index in [9.17, 15) is 8.78 Å². The molecule has 1 aliphatic rings. The predicted octanol–water partition coefficient (Wildman–Crippen LogP) is 3.20. The number of piperidine rings is 1. The molecule has 0 spiro atoms. The maximum Gasteiger partial charge on any atom is 0.139 e. The average Bonchev–Trinajstić information content (AvgIpc) is 2.29. The van der Waals surface area contributed by atoms with Crippen molar-refractivity contribution in [2.75, 3.05) is 12.3 Å². The van der Waals surface area contributed by atoms with E-state index in [1.165, 1.54) is 36.7 Å². The zero-order valence-electron chi connectivity index (χ0n) is 9.01. The zero-order valence-corrected chi connectivity index (χ0v) is 9.83. The van der Waals surface area contributed by atoms with Gasteiger partial charge < -0.3 is 5.32 Å². The van der Waals surface area contributed by atoms with Crippen LogP contribution in [0.2, 0.25) is 0 Å². The molecule has 1 saturated heterocycles. The third-order valence-corrected chi connectivity index (χ3v) is 3.96. The number of thioether (sulfide) groups is 1. The van der Waals surface area contributed by atoms with Gasteiger partial charge in [-0.2, -0.15) is 0 Å². The number of benzene rings is 1. The summed E-state index contributed by atoms with van der Waals surface area (Å²) < 4.78 is 26.0. The van der Waals surface area contributed by atoms with Gasteiger partial charge in [0.15, 0.2) is 0 Å². The van der Waals surface area contributed by atoms with Crippen LogP contribution in [0.4, 0.5) is 8.78 Å². The minimum atomic E-state index is -0.516. The molecule has 1 N–H and O–H groups in total. The number of rotatable bonds is 3. The second-order valence-corrected chi connectivity index (χ2v) is 5.09. The summed E-state index contributed by atoms with van der Waals surface area (Å²) in [6, 6.07) is 4.22. The fourth-order valence-corrected chi connectivity index (χ4v) is 2.88. The summed E-state index contributed by atoms with van der Waals surface area (Å²) in [5.41, 5.74) is 0. The molecule has 1 fully saturated rings. The van der Waals surface area contributed by atoms with Crippen LogP contribution in [0.5, 0.6) is 0 Å². The Morgan fingerprint density at radius 3 is 2.88 bits per heavy atom. The highest BCUT2D eigenvalue weighted by atomic mass is 32.2. The number of hydrogen-bond acceptors (Lipinski definition) is 2. The molecular weight excluding hydrogens is 228 g/mol. The molecule has 0 aromatic heterocycles. The van der Waals surface area contributed by atoms with Crippen LogP contribution in [0, 0.1) is 11.6 Å². The second-order valence-electron chi connectivity index (χ2n) is 4.03. The quantitative estimate of drug-likeness (QED) is 0.818. The largest absolute Gasteiger partial charge is 0.313 e. The first-order chi connectivity index (χ1) is 7.75. The van der Waals surface area contributed by atoms with Crippen molar-refractivity contribution < 1.29 is 8.78 Å². The van der Waals surface area contributed by atoms with Gasteiger partial charge >= 0.3 is 0 Å². The molecule has 1 heterocycles. The summed E-state index contributed by atoms with van der Waals surface area (Å²) in [4.78, 5) is 0.536. The van der Waals surface area contributed by atoms with Gasteiger partial charge in [-0.1, -0.05) is 6.42 Å². The van der Waals surface area contributed by atoms with E-state index in [0.29, 0.717) is 10.9 Å². The lowest BCUT2D eigenvalue weighted by molar-refractivity contribution is 0.429. The van der Waals surface area contributed by atoms with E-state index in [1.807, 2.05) is 0 Å². The predicted molar refractivity (Wildman–Crippen MR) is 62.7 cm³/mol. The Morgan fingerprint density at radius 1 is 1.31 bits per heavy atom. The van der Waals surface area contributed by atoms with Crippen LogP contribution >= 0.6 is 11.8 Å². The van der Waals surface area contributed by atoms with Crippen molar-refractivity contribution in [2.24, 2.45) is 0 Å². The molecule has 0 amide bonds. The van der Waals surface area contributed by atoms with Gasteiger partial charge in [0.1, 0.15) is 11.6 Å². The average molecular weight is 243 g/mol. The van der Waals surface area contributed by atoms with Crippen molar-refractivity contribution in [3.63, 3.8) is 0 Å². The van der Waals surface area contributed by atoms with Crippen LogP contribution in [0.1, 0.15) is 19.3 Å². The number of nitrogens with one attached hydrogen (secondary N) is 1. The van der Waals surface area contributed by atoms with Gasteiger partial charge in [0.2, 0.25) is 0 Å². The molecule has 88 valence electrons. The van der Waals surface area contributed by atoms with E-state index >= 15 is 0 Å². The number of halogens is 2. The Morgan fingerprint density at radius 2 is 2.19 bits per heavy atom. The zero-order chi connectivity index (χ0) is 11.4. The lowest BCUT2D eigenvalue weighted by Crippen LogP contribution is -2.35. The molecule has 0 unspecified atom stereocenters. The lowest BCUT2D eigenvalue weighted by Gasteiger charge is -2.22. The van der Waals surface area contributed by atoms with Gasteiger partial charge in [0.25, 0.3) is 0 Å². The van der Waals surface area contributed by atoms with Gasteiger partial charge in [0.05, 0.1) is 0 Å². The highest BCUT2D eigenvalue weighted by Gasteiger charge is 2.13. The summed E-state index contributed by atoms with van der Waals surface area (Å²) >= 11 is 1.46. The summed E-state index contributed by atoms with van der Waals surface area (Å²) in [6.45, 7) is 1.05. The standard InChI is InChI=1S/C12H15F2NS/c13-9-4-5-12(11(14)7-9)16-8-10-3-1-2-6-15-10/h4-5,7,10,15H,1-3,6,8H2/t10-/m0/s1. The monoisotopic (exact) mass is 243 g/mol. The molecule has 1 aromatic rings. The topological polar surface area (TPSA) is 12.0 Å². The highest BCUT2D eigenvalue weighted by Crippen LogP contribution is 2.24. The van der Waals surface area contributed by atoms with Crippen LogP contribution in [0.3, 0.4) is 0 Å². The van der Waals surface area contributed by atoms with Gasteiger partial charge in [0, 0.05) is 22.8 Å². The van der Waals surface area contributed by atoms with E-state index in [-0.39, 0.29) is 0 Å².